The van der Waals surface area contributed by atoms with Crippen LogP contribution in [0.1, 0.15) is 36.2 Å². The molecule has 1 aromatic carbocycles. The van der Waals surface area contributed by atoms with E-state index in [-0.39, 0.29) is 4.90 Å². The first-order valence-electron chi connectivity index (χ1n) is 8.29. The topological polar surface area (TPSA) is 55.2 Å². The highest BCUT2D eigenvalue weighted by Crippen LogP contribution is 2.27. The minimum Gasteiger partial charge on any atom is -0.264 e. The van der Waals surface area contributed by atoms with Crippen molar-refractivity contribution in [1.82, 2.24) is 14.1 Å². The third kappa shape index (κ3) is 3.59. The van der Waals surface area contributed by atoms with E-state index in [0.29, 0.717) is 41.6 Å². The van der Waals surface area contributed by atoms with Crippen molar-refractivity contribution in [1.29, 1.82) is 0 Å². The van der Waals surface area contributed by atoms with Crippen LogP contribution in [-0.4, -0.2) is 35.6 Å². The fourth-order valence-corrected chi connectivity index (χ4v) is 5.37. The molecule has 136 valence electrons. The van der Waals surface area contributed by atoms with Crippen LogP contribution in [0.3, 0.4) is 0 Å². The molecule has 0 unspecified atom stereocenters. The van der Waals surface area contributed by atoms with Crippen molar-refractivity contribution in [2.45, 2.75) is 44.6 Å². The Morgan fingerprint density at radius 3 is 2.52 bits per heavy atom. The van der Waals surface area contributed by atoms with Crippen LogP contribution in [0.4, 0.5) is 4.39 Å². The molecule has 8 heteroatoms. The summed E-state index contributed by atoms with van der Waals surface area (Å²) < 4.78 is 42.4. The first kappa shape index (κ1) is 18.4. The quantitative estimate of drug-likeness (QED) is 0.809. The molecule has 5 nitrogen and oxygen atoms in total. The maximum absolute atomic E-state index is 13.2. The summed E-state index contributed by atoms with van der Waals surface area (Å²) in [5.41, 5.74) is 1.74. The fraction of sp³-hybridized carbons (Fsp3) is 0.471. The average molecular weight is 386 g/mol. The molecule has 0 radical (unpaired) electrons. The minimum absolute atomic E-state index is 0.271. The number of aryl methyl sites for hydroxylation is 1. The number of rotatable bonds is 4. The summed E-state index contributed by atoms with van der Waals surface area (Å²) in [6, 6.07) is 4.17. The van der Waals surface area contributed by atoms with Crippen LogP contribution in [0.15, 0.2) is 23.1 Å². The van der Waals surface area contributed by atoms with Gasteiger partial charge < -0.3 is 0 Å². The molecule has 3 rings (SSSR count). The van der Waals surface area contributed by atoms with Crippen molar-refractivity contribution in [3.63, 3.8) is 0 Å². The van der Waals surface area contributed by atoms with Gasteiger partial charge >= 0.3 is 0 Å². The van der Waals surface area contributed by atoms with Gasteiger partial charge in [-0.2, -0.15) is 9.40 Å². The number of sulfonamides is 1. The van der Waals surface area contributed by atoms with E-state index < -0.39 is 15.8 Å². The second-order valence-corrected chi connectivity index (χ2v) is 8.64. The summed E-state index contributed by atoms with van der Waals surface area (Å²) in [4.78, 5) is 0.271. The van der Waals surface area contributed by atoms with E-state index in [4.69, 9.17) is 11.6 Å². The number of halogens is 2. The van der Waals surface area contributed by atoms with Crippen LogP contribution >= 0.6 is 11.6 Å². The van der Waals surface area contributed by atoms with Gasteiger partial charge in [-0.25, -0.2) is 12.8 Å². The zero-order valence-corrected chi connectivity index (χ0v) is 15.9. The maximum Gasteiger partial charge on any atom is 0.246 e. The first-order valence-corrected chi connectivity index (χ1v) is 10.1. The fourth-order valence-electron chi connectivity index (χ4n) is 3.25. The van der Waals surface area contributed by atoms with Crippen molar-refractivity contribution in [2.24, 2.45) is 0 Å². The molecule has 1 saturated heterocycles. The highest BCUT2D eigenvalue weighted by molar-refractivity contribution is 7.89. The molecule has 0 spiro atoms. The molecular weight excluding hydrogens is 365 g/mol. The van der Waals surface area contributed by atoms with Gasteiger partial charge in [-0.05, 0) is 44.4 Å². The molecule has 2 heterocycles. The summed E-state index contributed by atoms with van der Waals surface area (Å²) in [5.74, 6) is -0.407. The number of nitrogens with zero attached hydrogens (tertiary/aromatic N) is 3. The van der Waals surface area contributed by atoms with E-state index in [1.807, 2.05) is 0 Å². The molecule has 25 heavy (non-hydrogen) atoms. The number of hydrogen-bond donors (Lipinski definition) is 0. The zero-order valence-electron chi connectivity index (χ0n) is 14.3. The Kier molecular flexibility index (Phi) is 5.18. The van der Waals surface area contributed by atoms with Crippen LogP contribution in [0.2, 0.25) is 5.02 Å². The molecular formula is C17H21ClFN3O2S. The van der Waals surface area contributed by atoms with E-state index in [1.165, 1.54) is 12.1 Å². The normalized spacial score (nSPS) is 16.3. The third-order valence-electron chi connectivity index (χ3n) is 4.56. The van der Waals surface area contributed by atoms with Crippen LogP contribution in [0.5, 0.6) is 0 Å². The van der Waals surface area contributed by atoms with Gasteiger partial charge in [0.2, 0.25) is 10.0 Å². The number of piperidine rings is 1. The zero-order chi connectivity index (χ0) is 18.2. The predicted octanol–water partition coefficient (Wildman–Crippen LogP) is 3.52. The van der Waals surface area contributed by atoms with Gasteiger partial charge in [0.15, 0.2) is 0 Å². The molecule has 1 fully saturated rings. The van der Waals surface area contributed by atoms with Crippen LogP contribution in [-0.2, 0) is 16.6 Å². The van der Waals surface area contributed by atoms with E-state index in [2.05, 4.69) is 5.10 Å². The highest BCUT2D eigenvalue weighted by atomic mass is 35.5. The molecule has 2 aromatic rings. The second-order valence-electron chi connectivity index (χ2n) is 6.36. The molecule has 0 saturated carbocycles. The largest absolute Gasteiger partial charge is 0.264 e. The Labute approximate surface area is 152 Å². The van der Waals surface area contributed by atoms with Crippen molar-refractivity contribution >= 4 is 21.6 Å². The van der Waals surface area contributed by atoms with E-state index in [9.17, 15) is 12.8 Å². The molecule has 1 aliphatic rings. The number of aromatic nitrogens is 2. The summed E-state index contributed by atoms with van der Waals surface area (Å²) in [5, 5.41) is 4.69. The van der Waals surface area contributed by atoms with Gasteiger partial charge in [0.05, 0.1) is 17.9 Å². The van der Waals surface area contributed by atoms with Gasteiger partial charge in [-0.3, -0.25) is 4.68 Å². The lowest BCUT2D eigenvalue weighted by atomic mass is 10.2. The molecule has 0 aliphatic carbocycles. The van der Waals surface area contributed by atoms with Gasteiger partial charge in [0.25, 0.3) is 0 Å². The van der Waals surface area contributed by atoms with Gasteiger partial charge in [0, 0.05) is 18.1 Å². The lowest BCUT2D eigenvalue weighted by Crippen LogP contribution is -2.36. The molecule has 0 bridgehead atoms. The van der Waals surface area contributed by atoms with E-state index in [0.717, 1.165) is 19.3 Å². The smallest absolute Gasteiger partial charge is 0.246 e. The average Bonchev–Trinajstić information content (AvgIpc) is 2.85. The van der Waals surface area contributed by atoms with Gasteiger partial charge in [-0.1, -0.05) is 24.1 Å². The van der Waals surface area contributed by atoms with Crippen molar-refractivity contribution in [3.8, 4) is 0 Å². The maximum atomic E-state index is 13.2. The predicted molar refractivity (Wildman–Crippen MR) is 94.8 cm³/mol. The Morgan fingerprint density at radius 1 is 1.20 bits per heavy atom. The van der Waals surface area contributed by atoms with E-state index in [1.54, 1.807) is 28.9 Å². The Hall–Kier alpha value is -1.44. The third-order valence-corrected chi connectivity index (χ3v) is 7.07. The van der Waals surface area contributed by atoms with Gasteiger partial charge in [0.1, 0.15) is 10.7 Å². The summed E-state index contributed by atoms with van der Waals surface area (Å²) in [6.07, 6.45) is 2.83. The van der Waals surface area contributed by atoms with Crippen LogP contribution in [0, 0.1) is 19.7 Å². The monoisotopic (exact) mass is 385 g/mol. The molecule has 1 aliphatic heterocycles. The number of hydrogen-bond acceptors (Lipinski definition) is 3. The highest BCUT2D eigenvalue weighted by Gasteiger charge is 2.31. The van der Waals surface area contributed by atoms with Gasteiger partial charge in [-0.15, -0.1) is 0 Å². The lowest BCUT2D eigenvalue weighted by Gasteiger charge is -2.26. The van der Waals surface area contributed by atoms with Crippen molar-refractivity contribution < 1.29 is 12.8 Å². The SMILES string of the molecule is Cc1nn(Cc2ccc(F)cc2Cl)c(C)c1S(=O)(=O)N1CCCCC1. The van der Waals surface area contributed by atoms with Crippen LogP contribution in [0.25, 0.3) is 0 Å². The molecule has 1 aromatic heterocycles. The summed E-state index contributed by atoms with van der Waals surface area (Å²) in [6.45, 7) is 4.84. The Balaban J connectivity index is 1.95. The second kappa shape index (κ2) is 7.05. The Bertz CT molecular complexity index is 890. The first-order chi connectivity index (χ1) is 11.8. The molecule has 0 amide bonds. The minimum atomic E-state index is -3.55. The Morgan fingerprint density at radius 2 is 1.88 bits per heavy atom. The van der Waals surface area contributed by atoms with Crippen molar-refractivity contribution in [2.75, 3.05) is 13.1 Å². The summed E-state index contributed by atoms with van der Waals surface area (Å²) in [7, 11) is -3.55. The van der Waals surface area contributed by atoms with E-state index >= 15 is 0 Å². The summed E-state index contributed by atoms with van der Waals surface area (Å²) >= 11 is 6.08. The van der Waals surface area contributed by atoms with Crippen LogP contribution < -0.4 is 0 Å². The van der Waals surface area contributed by atoms with Crippen molar-refractivity contribution in [3.05, 3.63) is 46.0 Å². The molecule has 0 N–H and O–H groups in total. The number of benzene rings is 1. The standard InChI is InChI=1S/C17H21ClFN3O2S/c1-12-17(25(23,24)21-8-4-3-5-9-21)13(2)22(20-12)11-14-6-7-15(19)10-16(14)18/h6-7,10H,3-5,8-9,11H2,1-2H3. The molecule has 0 atom stereocenters. The lowest BCUT2D eigenvalue weighted by molar-refractivity contribution is 0.346.